The lowest BCUT2D eigenvalue weighted by Gasteiger charge is -2.16. The number of nitrogens with two attached hydrogens (primary N) is 1. The molecule has 1 saturated carbocycles. The van der Waals surface area contributed by atoms with Crippen molar-refractivity contribution in [1.82, 2.24) is 5.32 Å². The van der Waals surface area contributed by atoms with Crippen molar-refractivity contribution >= 4 is 11.6 Å². The smallest absolute Gasteiger partial charge is 0.260 e. The molecule has 4 heteroatoms. The number of rotatable bonds is 4. The molecule has 4 nitrogen and oxygen atoms in total. The zero-order valence-electron chi connectivity index (χ0n) is 10.2. The minimum atomic E-state index is -0.513. The zero-order chi connectivity index (χ0) is 12.4. The summed E-state index contributed by atoms with van der Waals surface area (Å²) in [6.45, 7) is 3.69. The third kappa shape index (κ3) is 3.12. The number of ether oxygens (including phenoxy) is 1. The molecule has 0 radical (unpaired) electrons. The fourth-order valence-electron chi connectivity index (χ4n) is 1.57. The van der Waals surface area contributed by atoms with E-state index in [4.69, 9.17) is 10.5 Å². The number of hydrogen-bond acceptors (Lipinski definition) is 3. The Hall–Kier alpha value is -1.71. The van der Waals surface area contributed by atoms with Gasteiger partial charge < -0.3 is 15.8 Å². The summed E-state index contributed by atoms with van der Waals surface area (Å²) >= 11 is 0. The van der Waals surface area contributed by atoms with Crippen molar-refractivity contribution in [2.45, 2.75) is 38.8 Å². The highest BCUT2D eigenvalue weighted by Gasteiger charge is 2.26. The molecule has 0 bridgehead atoms. The second-order valence-corrected chi connectivity index (χ2v) is 4.58. The molecule has 1 aromatic carbocycles. The van der Waals surface area contributed by atoms with E-state index in [0.717, 1.165) is 18.4 Å². The van der Waals surface area contributed by atoms with E-state index in [1.54, 1.807) is 13.0 Å². The van der Waals surface area contributed by atoms with Gasteiger partial charge in [0.1, 0.15) is 5.75 Å². The Morgan fingerprint density at radius 2 is 2.24 bits per heavy atom. The van der Waals surface area contributed by atoms with Crippen LogP contribution in [0.1, 0.15) is 25.3 Å². The molecule has 1 aliphatic rings. The molecule has 1 aliphatic carbocycles. The van der Waals surface area contributed by atoms with Gasteiger partial charge in [-0.05, 0) is 44.4 Å². The summed E-state index contributed by atoms with van der Waals surface area (Å²) in [4.78, 5) is 11.7. The van der Waals surface area contributed by atoms with Crippen LogP contribution in [0, 0.1) is 6.92 Å². The molecule has 1 fully saturated rings. The first-order chi connectivity index (χ1) is 8.06. The summed E-state index contributed by atoms with van der Waals surface area (Å²) in [6, 6.07) is 5.90. The van der Waals surface area contributed by atoms with E-state index in [9.17, 15) is 4.79 Å². The monoisotopic (exact) mass is 234 g/mol. The van der Waals surface area contributed by atoms with Crippen LogP contribution in [0.4, 0.5) is 5.69 Å². The highest BCUT2D eigenvalue weighted by atomic mass is 16.5. The fourth-order valence-corrected chi connectivity index (χ4v) is 1.57. The lowest BCUT2D eigenvalue weighted by molar-refractivity contribution is -0.127. The van der Waals surface area contributed by atoms with E-state index in [2.05, 4.69) is 5.32 Å². The maximum atomic E-state index is 11.7. The first-order valence-electron chi connectivity index (χ1n) is 5.89. The van der Waals surface area contributed by atoms with Crippen LogP contribution in [-0.2, 0) is 4.79 Å². The Bertz CT molecular complexity index is 427. The van der Waals surface area contributed by atoms with Crippen molar-refractivity contribution < 1.29 is 9.53 Å². The highest BCUT2D eigenvalue weighted by molar-refractivity contribution is 5.81. The third-order valence-electron chi connectivity index (χ3n) is 2.76. The largest absolute Gasteiger partial charge is 0.479 e. The van der Waals surface area contributed by atoms with Crippen LogP contribution < -0.4 is 15.8 Å². The van der Waals surface area contributed by atoms with Crippen LogP contribution in [0.15, 0.2) is 18.2 Å². The standard InChI is InChI=1S/C13H18N2O2/c1-8-3-6-12(11(14)7-8)17-9(2)13(16)15-10-4-5-10/h3,6-7,9-10H,4-5,14H2,1-2H3,(H,15,16). The molecule has 3 N–H and O–H groups in total. The van der Waals surface area contributed by atoms with Crippen molar-refractivity contribution in [3.05, 3.63) is 23.8 Å². The van der Waals surface area contributed by atoms with Crippen LogP contribution in [-0.4, -0.2) is 18.1 Å². The van der Waals surface area contributed by atoms with Gasteiger partial charge in [0.2, 0.25) is 0 Å². The first-order valence-corrected chi connectivity index (χ1v) is 5.89. The molecule has 92 valence electrons. The summed E-state index contributed by atoms with van der Waals surface area (Å²) in [6.07, 6.45) is 1.64. The third-order valence-corrected chi connectivity index (χ3v) is 2.76. The molecular formula is C13H18N2O2. The van der Waals surface area contributed by atoms with Crippen LogP contribution in [0.2, 0.25) is 0 Å². The van der Waals surface area contributed by atoms with E-state index < -0.39 is 6.10 Å². The van der Waals surface area contributed by atoms with Gasteiger partial charge >= 0.3 is 0 Å². The van der Waals surface area contributed by atoms with Gasteiger partial charge in [-0.25, -0.2) is 0 Å². The van der Waals surface area contributed by atoms with Crippen molar-refractivity contribution in [2.24, 2.45) is 0 Å². The second-order valence-electron chi connectivity index (χ2n) is 4.58. The van der Waals surface area contributed by atoms with Crippen LogP contribution >= 0.6 is 0 Å². The number of nitrogens with one attached hydrogen (secondary N) is 1. The zero-order valence-corrected chi connectivity index (χ0v) is 10.2. The Morgan fingerprint density at radius 3 is 2.82 bits per heavy atom. The van der Waals surface area contributed by atoms with Gasteiger partial charge in [0.15, 0.2) is 6.10 Å². The van der Waals surface area contributed by atoms with Gasteiger partial charge in [-0.2, -0.15) is 0 Å². The van der Waals surface area contributed by atoms with Gasteiger partial charge in [-0.1, -0.05) is 6.07 Å². The molecule has 1 amide bonds. The summed E-state index contributed by atoms with van der Waals surface area (Å²) in [5, 5.41) is 2.90. The summed E-state index contributed by atoms with van der Waals surface area (Å²) in [5.74, 6) is 0.488. The summed E-state index contributed by atoms with van der Waals surface area (Å²) in [7, 11) is 0. The number of hydrogen-bond donors (Lipinski definition) is 2. The summed E-state index contributed by atoms with van der Waals surface area (Å²) < 4.78 is 5.55. The van der Waals surface area contributed by atoms with E-state index in [1.807, 2.05) is 19.1 Å². The molecule has 1 aromatic rings. The normalized spacial score (nSPS) is 16.4. The number of anilines is 1. The maximum absolute atomic E-state index is 11.7. The molecule has 1 atom stereocenters. The number of amides is 1. The molecule has 0 saturated heterocycles. The predicted molar refractivity (Wildman–Crippen MR) is 66.8 cm³/mol. The van der Waals surface area contributed by atoms with E-state index in [0.29, 0.717) is 17.5 Å². The molecular weight excluding hydrogens is 216 g/mol. The number of nitrogen functional groups attached to an aromatic ring is 1. The number of carbonyl (C=O) groups excluding carboxylic acids is 1. The molecule has 0 aromatic heterocycles. The van der Waals surface area contributed by atoms with E-state index in [-0.39, 0.29) is 5.91 Å². The molecule has 2 rings (SSSR count). The average molecular weight is 234 g/mol. The first kappa shape index (κ1) is 11.8. The van der Waals surface area contributed by atoms with Gasteiger partial charge in [0.25, 0.3) is 5.91 Å². The van der Waals surface area contributed by atoms with Crippen LogP contribution in [0.3, 0.4) is 0 Å². The lowest BCUT2D eigenvalue weighted by Crippen LogP contribution is -2.37. The van der Waals surface area contributed by atoms with Gasteiger partial charge in [0.05, 0.1) is 5.69 Å². The molecule has 17 heavy (non-hydrogen) atoms. The van der Waals surface area contributed by atoms with E-state index in [1.165, 1.54) is 0 Å². The molecule has 0 heterocycles. The highest BCUT2D eigenvalue weighted by Crippen LogP contribution is 2.24. The van der Waals surface area contributed by atoms with Crippen molar-refractivity contribution in [1.29, 1.82) is 0 Å². The van der Waals surface area contributed by atoms with Gasteiger partial charge in [0, 0.05) is 6.04 Å². The molecule has 0 spiro atoms. The SMILES string of the molecule is Cc1ccc(OC(C)C(=O)NC2CC2)c(N)c1. The maximum Gasteiger partial charge on any atom is 0.260 e. The second kappa shape index (κ2) is 4.65. The van der Waals surface area contributed by atoms with Crippen molar-refractivity contribution in [2.75, 3.05) is 5.73 Å². The fraction of sp³-hybridized carbons (Fsp3) is 0.462. The topological polar surface area (TPSA) is 64.3 Å². The van der Waals surface area contributed by atoms with Gasteiger partial charge in [-0.15, -0.1) is 0 Å². The van der Waals surface area contributed by atoms with Gasteiger partial charge in [-0.3, -0.25) is 4.79 Å². The number of carbonyl (C=O) groups is 1. The Labute approximate surface area is 101 Å². The molecule has 1 unspecified atom stereocenters. The molecule has 0 aliphatic heterocycles. The quantitative estimate of drug-likeness (QED) is 0.778. The van der Waals surface area contributed by atoms with Crippen molar-refractivity contribution in [3.63, 3.8) is 0 Å². The van der Waals surface area contributed by atoms with E-state index >= 15 is 0 Å². The van der Waals surface area contributed by atoms with Crippen LogP contribution in [0.5, 0.6) is 5.75 Å². The Kier molecular flexibility index (Phi) is 3.22. The minimum absolute atomic E-state index is 0.0764. The minimum Gasteiger partial charge on any atom is -0.479 e. The average Bonchev–Trinajstić information content (AvgIpc) is 3.06. The number of benzene rings is 1. The Morgan fingerprint density at radius 1 is 1.53 bits per heavy atom. The number of aryl methyl sites for hydroxylation is 1. The Balaban J connectivity index is 1.96. The predicted octanol–water partition coefficient (Wildman–Crippen LogP) is 1.62. The lowest BCUT2D eigenvalue weighted by atomic mass is 10.2. The van der Waals surface area contributed by atoms with Crippen LogP contribution in [0.25, 0.3) is 0 Å². The summed E-state index contributed by atoms with van der Waals surface area (Å²) in [5.41, 5.74) is 7.47. The van der Waals surface area contributed by atoms with Crippen molar-refractivity contribution in [3.8, 4) is 5.75 Å².